The molecule has 0 radical (unpaired) electrons. The number of alkyl halides is 2. The van der Waals surface area contributed by atoms with Crippen molar-refractivity contribution in [2.75, 3.05) is 0 Å². The third kappa shape index (κ3) is 2.82. The Balaban J connectivity index is 3.27. The van der Waals surface area contributed by atoms with Crippen LogP contribution in [0.2, 0.25) is 0 Å². The zero-order valence-corrected chi connectivity index (χ0v) is 8.50. The largest absolute Gasteiger partial charge is 0.424 e. The van der Waals surface area contributed by atoms with Crippen molar-refractivity contribution in [1.82, 2.24) is 0 Å². The highest BCUT2D eigenvalue weighted by Crippen LogP contribution is 2.34. The summed E-state index contributed by atoms with van der Waals surface area (Å²) in [6.07, 6.45) is 0. The van der Waals surface area contributed by atoms with Gasteiger partial charge in [0.2, 0.25) is 5.75 Å². The van der Waals surface area contributed by atoms with Gasteiger partial charge < -0.3 is 4.74 Å². The smallest absolute Gasteiger partial charge is 0.387 e. The average molecular weight is 286 g/mol. The molecule has 0 saturated heterocycles. The molecule has 0 heterocycles. The Morgan fingerprint density at radius 2 is 2.07 bits per heavy atom. The van der Waals surface area contributed by atoms with E-state index in [0.717, 1.165) is 12.1 Å². The van der Waals surface area contributed by atoms with Gasteiger partial charge in [-0.05, 0) is 6.07 Å². The monoisotopic (exact) mass is 285 g/mol. The zero-order chi connectivity index (χ0) is 11.6. The van der Waals surface area contributed by atoms with Crippen LogP contribution in [0.25, 0.3) is 0 Å². The van der Waals surface area contributed by atoms with E-state index < -0.39 is 28.8 Å². The maximum atomic E-state index is 13.0. The third-order valence-electron chi connectivity index (χ3n) is 1.39. The number of nitro groups is 1. The van der Waals surface area contributed by atoms with Crippen LogP contribution in [0.3, 0.4) is 0 Å². The lowest BCUT2D eigenvalue weighted by Crippen LogP contribution is -2.06. The van der Waals surface area contributed by atoms with Crippen molar-refractivity contribution in [1.29, 1.82) is 0 Å². The molecule has 0 unspecified atom stereocenters. The van der Waals surface area contributed by atoms with E-state index in [2.05, 4.69) is 20.7 Å². The SMILES string of the molecule is O=[N+]([O-])c1cc(Br)cc(F)c1OC(F)F. The van der Waals surface area contributed by atoms with E-state index in [1.807, 2.05) is 0 Å². The number of nitrogens with zero attached hydrogens (tertiary/aromatic N) is 1. The quantitative estimate of drug-likeness (QED) is 0.633. The second-order valence-corrected chi connectivity index (χ2v) is 3.29. The molecular formula is C7H3BrF3NO3. The second-order valence-electron chi connectivity index (χ2n) is 2.37. The van der Waals surface area contributed by atoms with Gasteiger partial charge in [0.15, 0.2) is 5.82 Å². The molecule has 0 N–H and O–H groups in total. The number of benzene rings is 1. The van der Waals surface area contributed by atoms with Crippen molar-refractivity contribution < 1.29 is 22.8 Å². The molecule has 0 aliphatic heterocycles. The van der Waals surface area contributed by atoms with Crippen LogP contribution in [0.1, 0.15) is 0 Å². The van der Waals surface area contributed by atoms with Crippen LogP contribution in [0.5, 0.6) is 5.75 Å². The minimum atomic E-state index is -3.32. The van der Waals surface area contributed by atoms with Crippen LogP contribution < -0.4 is 4.74 Å². The summed E-state index contributed by atoms with van der Waals surface area (Å²) < 4.78 is 40.5. The molecule has 15 heavy (non-hydrogen) atoms. The summed E-state index contributed by atoms with van der Waals surface area (Å²) in [6, 6.07) is 1.67. The molecule has 0 bridgehead atoms. The standard InChI is InChI=1S/C7H3BrF3NO3/c8-3-1-4(9)6(15-7(10)11)5(2-3)12(13)14/h1-2,7H. The Kier molecular flexibility index (Phi) is 3.51. The van der Waals surface area contributed by atoms with Crippen LogP contribution in [0.4, 0.5) is 18.9 Å². The van der Waals surface area contributed by atoms with Crippen molar-refractivity contribution in [3.63, 3.8) is 0 Å². The van der Waals surface area contributed by atoms with Crippen molar-refractivity contribution in [2.24, 2.45) is 0 Å². The van der Waals surface area contributed by atoms with Crippen LogP contribution in [0.15, 0.2) is 16.6 Å². The molecule has 0 atom stereocenters. The summed E-state index contributed by atoms with van der Waals surface area (Å²) in [6.45, 7) is -3.32. The highest BCUT2D eigenvalue weighted by atomic mass is 79.9. The topological polar surface area (TPSA) is 52.4 Å². The summed E-state index contributed by atoms with van der Waals surface area (Å²) in [4.78, 5) is 9.39. The highest BCUT2D eigenvalue weighted by Gasteiger charge is 2.23. The molecule has 8 heteroatoms. The maximum Gasteiger partial charge on any atom is 0.387 e. The summed E-state index contributed by atoms with van der Waals surface area (Å²) in [5.41, 5.74) is -0.859. The molecule has 0 aromatic heterocycles. The number of rotatable bonds is 3. The second kappa shape index (κ2) is 4.47. The molecule has 1 aromatic carbocycles. The van der Waals surface area contributed by atoms with Gasteiger partial charge in [0.25, 0.3) is 0 Å². The number of hydrogen-bond donors (Lipinski definition) is 0. The first-order valence-corrected chi connectivity index (χ1v) is 4.29. The fraction of sp³-hybridized carbons (Fsp3) is 0.143. The Labute approximate surface area is 89.9 Å². The van der Waals surface area contributed by atoms with E-state index in [9.17, 15) is 23.3 Å². The van der Waals surface area contributed by atoms with E-state index in [-0.39, 0.29) is 4.47 Å². The summed E-state index contributed by atoms with van der Waals surface area (Å²) in [7, 11) is 0. The lowest BCUT2D eigenvalue weighted by Gasteiger charge is -2.06. The molecule has 1 aromatic rings. The van der Waals surface area contributed by atoms with Gasteiger partial charge in [0, 0.05) is 10.5 Å². The fourth-order valence-corrected chi connectivity index (χ4v) is 1.31. The Morgan fingerprint density at radius 3 is 2.53 bits per heavy atom. The number of hydrogen-bond acceptors (Lipinski definition) is 3. The van der Waals surface area contributed by atoms with Gasteiger partial charge in [-0.15, -0.1) is 0 Å². The molecule has 4 nitrogen and oxygen atoms in total. The first kappa shape index (κ1) is 11.8. The van der Waals surface area contributed by atoms with Gasteiger partial charge in [-0.2, -0.15) is 8.78 Å². The van der Waals surface area contributed by atoms with Gasteiger partial charge in [0.05, 0.1) is 4.92 Å². The first-order chi connectivity index (χ1) is 6.91. The molecule has 0 spiro atoms. The van der Waals surface area contributed by atoms with Gasteiger partial charge in [0.1, 0.15) is 0 Å². The Morgan fingerprint density at radius 1 is 1.47 bits per heavy atom. The molecular weight excluding hydrogens is 283 g/mol. The summed E-state index contributed by atoms with van der Waals surface area (Å²) >= 11 is 2.79. The van der Waals surface area contributed by atoms with Crippen LogP contribution in [-0.4, -0.2) is 11.5 Å². The van der Waals surface area contributed by atoms with Crippen LogP contribution in [0, 0.1) is 15.9 Å². The molecule has 82 valence electrons. The number of nitro benzene ring substituents is 1. The van der Waals surface area contributed by atoms with E-state index in [4.69, 9.17) is 0 Å². The number of ether oxygens (including phenoxy) is 1. The Bertz CT molecular complexity index is 399. The molecule has 0 fully saturated rings. The summed E-state index contributed by atoms with van der Waals surface area (Å²) in [5.74, 6) is -2.30. The molecule has 0 amide bonds. The van der Waals surface area contributed by atoms with E-state index in [1.54, 1.807) is 0 Å². The van der Waals surface area contributed by atoms with E-state index in [0.29, 0.717) is 0 Å². The van der Waals surface area contributed by atoms with E-state index >= 15 is 0 Å². The maximum absolute atomic E-state index is 13.0. The summed E-state index contributed by atoms with van der Waals surface area (Å²) in [5, 5.41) is 10.4. The average Bonchev–Trinajstić information content (AvgIpc) is 2.08. The lowest BCUT2D eigenvalue weighted by molar-refractivity contribution is -0.386. The van der Waals surface area contributed by atoms with Gasteiger partial charge >= 0.3 is 12.3 Å². The Hall–Kier alpha value is -1.31. The molecule has 0 aliphatic carbocycles. The van der Waals surface area contributed by atoms with Gasteiger partial charge in [-0.25, -0.2) is 4.39 Å². The normalized spacial score (nSPS) is 10.5. The first-order valence-electron chi connectivity index (χ1n) is 3.50. The minimum absolute atomic E-state index is 0.0633. The van der Waals surface area contributed by atoms with Gasteiger partial charge in [-0.3, -0.25) is 10.1 Å². The van der Waals surface area contributed by atoms with Crippen molar-refractivity contribution in [2.45, 2.75) is 6.61 Å². The minimum Gasteiger partial charge on any atom is -0.424 e. The fourth-order valence-electron chi connectivity index (χ4n) is 0.888. The zero-order valence-electron chi connectivity index (χ0n) is 6.92. The van der Waals surface area contributed by atoms with Gasteiger partial charge in [-0.1, -0.05) is 15.9 Å². The lowest BCUT2D eigenvalue weighted by atomic mass is 10.3. The highest BCUT2D eigenvalue weighted by molar-refractivity contribution is 9.10. The van der Waals surface area contributed by atoms with Crippen LogP contribution in [-0.2, 0) is 0 Å². The van der Waals surface area contributed by atoms with Crippen molar-refractivity contribution in [3.05, 3.63) is 32.5 Å². The molecule has 1 rings (SSSR count). The van der Waals surface area contributed by atoms with Crippen molar-refractivity contribution >= 4 is 21.6 Å². The molecule has 0 aliphatic rings. The third-order valence-corrected chi connectivity index (χ3v) is 1.85. The molecule has 0 saturated carbocycles. The predicted molar refractivity (Wildman–Crippen MR) is 47.4 cm³/mol. The van der Waals surface area contributed by atoms with Crippen LogP contribution >= 0.6 is 15.9 Å². The van der Waals surface area contributed by atoms with Crippen molar-refractivity contribution in [3.8, 4) is 5.75 Å². The predicted octanol–water partition coefficient (Wildman–Crippen LogP) is 3.10. The number of halogens is 4. The van der Waals surface area contributed by atoms with E-state index in [1.165, 1.54) is 0 Å².